The van der Waals surface area contributed by atoms with E-state index in [1.165, 1.54) is 35.7 Å². The van der Waals surface area contributed by atoms with Crippen LogP contribution in [0.4, 0.5) is 26.3 Å². The zero-order valence-electron chi connectivity index (χ0n) is 31.2. The number of halogens is 6. The van der Waals surface area contributed by atoms with Gasteiger partial charge in [-0.1, -0.05) is 60.7 Å². The van der Waals surface area contributed by atoms with E-state index in [9.17, 15) is 0 Å². The van der Waals surface area contributed by atoms with E-state index >= 15 is 26.3 Å². The molecule has 1 fully saturated rings. The number of alkyl halides is 6. The molecule has 2 aromatic carbocycles. The zero-order chi connectivity index (χ0) is 41.0. The minimum Gasteiger partial charge on any atom is -0.255 e. The van der Waals surface area contributed by atoms with Gasteiger partial charge in [-0.25, -0.2) is 0 Å². The molecule has 10 rings (SSSR count). The molecule has 2 atom stereocenters. The lowest BCUT2D eigenvalue weighted by Gasteiger charge is -2.47. The molecule has 2 aliphatic heterocycles. The molecule has 0 radical (unpaired) electrons. The van der Waals surface area contributed by atoms with Crippen molar-refractivity contribution in [1.29, 1.82) is 0 Å². The molecule has 2 aliphatic carbocycles. The highest BCUT2D eigenvalue weighted by Crippen LogP contribution is 2.75. The third-order valence-electron chi connectivity index (χ3n) is 11.7. The van der Waals surface area contributed by atoms with Gasteiger partial charge in [0.2, 0.25) is 0 Å². The number of aromatic nitrogens is 4. The third-order valence-corrected chi connectivity index (χ3v) is 15.1. The van der Waals surface area contributed by atoms with Crippen molar-refractivity contribution in [3.63, 3.8) is 0 Å². The number of hydrogen-bond acceptors (Lipinski definition) is 6. The summed E-state index contributed by atoms with van der Waals surface area (Å²) in [7, 11) is 0. The predicted octanol–water partition coefficient (Wildman–Crippen LogP) is 12.9. The molecule has 292 valence electrons. The molecule has 4 aromatic heterocycles. The van der Waals surface area contributed by atoms with E-state index in [-0.39, 0.29) is 11.1 Å². The zero-order valence-corrected chi connectivity index (χ0v) is 32.9. The lowest BCUT2D eigenvalue weighted by molar-refractivity contribution is -0.258. The van der Waals surface area contributed by atoms with Crippen LogP contribution in [0.25, 0.3) is 54.8 Å². The maximum atomic E-state index is 16.0. The number of pyridine rings is 4. The molecule has 1 saturated carbocycles. The number of thioether (sulfide) groups is 2. The molecule has 6 heterocycles. The molecule has 0 N–H and O–H groups in total. The smallest absolute Gasteiger partial charge is 0.255 e. The summed E-state index contributed by atoms with van der Waals surface area (Å²) in [6.07, 6.45) is 9.58. The average Bonchev–Trinajstić information content (AvgIpc) is 3.85. The van der Waals surface area contributed by atoms with Crippen LogP contribution in [0, 0.1) is 0 Å². The highest BCUT2D eigenvalue weighted by Gasteiger charge is 2.84. The van der Waals surface area contributed by atoms with Crippen molar-refractivity contribution in [1.82, 2.24) is 19.9 Å². The fourth-order valence-corrected chi connectivity index (χ4v) is 11.5. The van der Waals surface area contributed by atoms with Crippen molar-refractivity contribution < 1.29 is 26.3 Å². The van der Waals surface area contributed by atoms with Crippen molar-refractivity contribution in [3.8, 4) is 45.0 Å². The van der Waals surface area contributed by atoms with Gasteiger partial charge >= 0.3 is 17.8 Å². The second-order valence-corrected chi connectivity index (χ2v) is 18.0. The van der Waals surface area contributed by atoms with Crippen LogP contribution < -0.4 is 0 Å². The minimum atomic E-state index is -5.64. The monoisotopic (exact) mass is 828 g/mol. The van der Waals surface area contributed by atoms with Crippen LogP contribution in [0.15, 0.2) is 168 Å². The SMILES string of the molecule is C[C@@]12SC(c3ccc(-c4ccnc(-c5ccccn5)c4)cc3)=CC1=C1C(=C3C=C(c4ccc(-c5ccnc(-c6ccccn6)c5)cc4)S[C@]32C)C(F)(F)C(F)(F)C1(F)F. The van der Waals surface area contributed by atoms with Crippen LogP contribution >= 0.6 is 23.5 Å². The van der Waals surface area contributed by atoms with Crippen LogP contribution in [-0.2, 0) is 0 Å². The first-order chi connectivity index (χ1) is 28.2. The molecule has 6 aromatic rings. The first-order valence-corrected chi connectivity index (χ1v) is 20.3. The Balaban J connectivity index is 1.02. The molecule has 0 amide bonds. The first kappa shape index (κ1) is 37.5. The van der Waals surface area contributed by atoms with E-state index in [0.717, 1.165) is 22.3 Å². The Bertz CT molecular complexity index is 2630. The normalized spacial score (nSPS) is 23.4. The third kappa shape index (κ3) is 5.48. The quantitative estimate of drug-likeness (QED) is 0.156. The Hall–Kier alpha value is -5.72. The topological polar surface area (TPSA) is 51.6 Å². The van der Waals surface area contributed by atoms with Crippen LogP contribution in [0.2, 0.25) is 0 Å². The molecular formula is C47H30F6N4S2. The van der Waals surface area contributed by atoms with E-state index in [0.29, 0.717) is 43.7 Å². The molecular weight excluding hydrogens is 799 g/mol. The number of benzene rings is 2. The number of hydrogen-bond donors (Lipinski definition) is 0. The predicted molar refractivity (Wildman–Crippen MR) is 223 cm³/mol. The lowest BCUT2D eigenvalue weighted by atomic mass is 9.71. The summed E-state index contributed by atoms with van der Waals surface area (Å²) in [5, 5.41) is 0. The summed E-state index contributed by atoms with van der Waals surface area (Å²) in [6.45, 7) is 3.40. The largest absolute Gasteiger partial charge is 0.380 e. The van der Waals surface area contributed by atoms with Crippen LogP contribution in [0.1, 0.15) is 25.0 Å². The molecule has 4 nitrogen and oxygen atoms in total. The molecule has 0 spiro atoms. The minimum absolute atomic E-state index is 0.210. The summed E-state index contributed by atoms with van der Waals surface area (Å²) in [4.78, 5) is 18.7. The van der Waals surface area contributed by atoms with Gasteiger partial charge in [-0.05, 0) is 119 Å². The van der Waals surface area contributed by atoms with Gasteiger partial charge in [-0.2, -0.15) is 26.3 Å². The Morgan fingerprint density at radius 1 is 0.407 bits per heavy atom. The van der Waals surface area contributed by atoms with Crippen molar-refractivity contribution in [2.45, 2.75) is 41.1 Å². The van der Waals surface area contributed by atoms with Crippen molar-refractivity contribution >= 4 is 33.3 Å². The van der Waals surface area contributed by atoms with Crippen molar-refractivity contribution in [2.75, 3.05) is 0 Å². The van der Waals surface area contributed by atoms with Crippen molar-refractivity contribution in [2.24, 2.45) is 0 Å². The Morgan fingerprint density at radius 3 is 1.15 bits per heavy atom. The van der Waals surface area contributed by atoms with Crippen molar-refractivity contribution in [3.05, 3.63) is 180 Å². The maximum Gasteiger partial charge on any atom is 0.380 e. The highest BCUT2D eigenvalue weighted by atomic mass is 32.2. The van der Waals surface area contributed by atoms with E-state index in [1.807, 2.05) is 109 Å². The van der Waals surface area contributed by atoms with Gasteiger partial charge in [-0.15, -0.1) is 23.5 Å². The average molecular weight is 829 g/mol. The van der Waals surface area contributed by atoms with Gasteiger partial charge in [0, 0.05) is 45.7 Å². The van der Waals surface area contributed by atoms with Gasteiger partial charge in [0.25, 0.3) is 0 Å². The number of fused-ring (bicyclic) bond motifs is 4. The maximum absolute atomic E-state index is 16.0. The summed E-state index contributed by atoms with van der Waals surface area (Å²) in [5.74, 6) is -15.9. The molecule has 0 unspecified atom stereocenters. The van der Waals surface area contributed by atoms with Gasteiger partial charge in [-0.3, -0.25) is 19.9 Å². The molecule has 4 aliphatic rings. The second kappa shape index (κ2) is 13.1. The van der Waals surface area contributed by atoms with Gasteiger partial charge in [0.05, 0.1) is 32.3 Å². The number of rotatable bonds is 6. The molecule has 0 saturated heterocycles. The summed E-state index contributed by atoms with van der Waals surface area (Å²) in [5.41, 5.74) is 4.54. The molecule has 12 heteroatoms. The van der Waals surface area contributed by atoms with Gasteiger partial charge in [0.1, 0.15) is 0 Å². The fraction of sp³-hybridized carbons (Fsp3) is 0.149. The summed E-state index contributed by atoms with van der Waals surface area (Å²) in [6, 6.07) is 33.4. The molecule has 0 bridgehead atoms. The fourth-order valence-electron chi connectivity index (χ4n) is 8.38. The second-order valence-electron chi connectivity index (χ2n) is 15.0. The van der Waals surface area contributed by atoms with E-state index < -0.39 is 38.4 Å². The van der Waals surface area contributed by atoms with E-state index in [4.69, 9.17) is 0 Å². The Kier molecular flexibility index (Phi) is 8.36. The van der Waals surface area contributed by atoms with E-state index in [2.05, 4.69) is 19.9 Å². The highest BCUT2D eigenvalue weighted by molar-refractivity contribution is 8.14. The summed E-state index contributed by atoms with van der Waals surface area (Å²) < 4.78 is 92.3. The molecule has 59 heavy (non-hydrogen) atoms. The van der Waals surface area contributed by atoms with Gasteiger partial charge in [0.15, 0.2) is 0 Å². The first-order valence-electron chi connectivity index (χ1n) is 18.7. The van der Waals surface area contributed by atoms with E-state index in [1.54, 1.807) is 38.6 Å². The lowest BCUT2D eigenvalue weighted by Crippen LogP contribution is -2.48. The number of nitrogens with zero attached hydrogens (tertiary/aromatic N) is 4. The summed E-state index contributed by atoms with van der Waals surface area (Å²) >= 11 is 2.47. The Morgan fingerprint density at radius 2 is 0.780 bits per heavy atom. The van der Waals surface area contributed by atoms with Crippen LogP contribution in [0.5, 0.6) is 0 Å². The number of allylic oxidation sites excluding steroid dienone is 4. The standard InChI is InChI=1S/C47H30F6N4S2/c1-43-33(25-39(58-43)29-13-9-27(10-14-29)31-17-21-56-37(23-31)35-7-3-5-19-54-35)41-42(46(50,51)47(52,53)45(41,48)49)34-26-40(59-44(34,43)2)30-15-11-28(12-16-30)32-18-22-57-38(24-32)36-8-4-6-20-55-36/h3-26H,1-2H3/t43-,44-/m1/s1. The van der Waals surface area contributed by atoms with Gasteiger partial charge < -0.3 is 0 Å². The van der Waals surface area contributed by atoms with Crippen LogP contribution in [0.3, 0.4) is 0 Å². The van der Waals surface area contributed by atoms with Crippen LogP contribution in [-0.4, -0.2) is 47.2 Å². The Labute approximate surface area is 344 Å².